The maximum absolute atomic E-state index is 13.0. The van der Waals surface area contributed by atoms with E-state index in [-0.39, 0.29) is 6.61 Å². The predicted octanol–water partition coefficient (Wildman–Crippen LogP) is 4.59. The predicted molar refractivity (Wildman–Crippen MR) is 115 cm³/mol. The van der Waals surface area contributed by atoms with Crippen molar-refractivity contribution in [3.63, 3.8) is 0 Å². The van der Waals surface area contributed by atoms with E-state index in [1.54, 1.807) is 11.3 Å². The average molecular weight is 404 g/mol. The lowest BCUT2D eigenvalue weighted by Gasteiger charge is -2.22. The number of benzene rings is 1. The molecule has 0 spiro atoms. The van der Waals surface area contributed by atoms with Crippen molar-refractivity contribution < 1.29 is 14.3 Å². The van der Waals surface area contributed by atoms with Crippen LogP contribution in [0.2, 0.25) is 0 Å². The molecule has 0 bridgehead atoms. The van der Waals surface area contributed by atoms with Crippen molar-refractivity contribution in [2.24, 2.45) is 0 Å². The molecule has 0 fully saturated rings. The molecule has 0 radical (unpaired) electrons. The van der Waals surface area contributed by atoms with Gasteiger partial charge in [0, 0.05) is 10.3 Å². The summed E-state index contributed by atoms with van der Waals surface area (Å²) in [6, 6.07) is 11.6. The molecular weight excluding hydrogens is 384 g/mol. The Bertz CT molecular complexity index is 1120. The Balaban J connectivity index is 1.80. The van der Waals surface area contributed by atoms with Gasteiger partial charge in [-0.3, -0.25) is 4.79 Å². The minimum atomic E-state index is -0.503. The molecule has 0 unspecified atom stereocenters. The van der Waals surface area contributed by atoms with E-state index in [0.29, 0.717) is 5.56 Å². The highest BCUT2D eigenvalue weighted by atomic mass is 32.1. The Morgan fingerprint density at radius 1 is 1.21 bits per heavy atom. The Labute approximate surface area is 172 Å². The maximum Gasteiger partial charge on any atom is 0.339 e. The minimum Gasteiger partial charge on any atom is -0.452 e. The minimum absolute atomic E-state index is 0.353. The number of carbonyl (C=O) groups is 2. The molecule has 146 valence electrons. The van der Waals surface area contributed by atoms with Crippen molar-refractivity contribution in [3.8, 4) is 0 Å². The number of allylic oxidation sites excluding steroid dienone is 1. The summed E-state index contributed by atoms with van der Waals surface area (Å²) in [5, 5.41) is 5.20. The molecule has 1 aliphatic carbocycles. The zero-order valence-corrected chi connectivity index (χ0v) is 16.6. The van der Waals surface area contributed by atoms with Crippen LogP contribution in [0.4, 0.5) is 0 Å². The number of thiophene rings is 1. The summed E-state index contributed by atoms with van der Waals surface area (Å²) in [4.78, 5) is 30.7. The van der Waals surface area contributed by atoms with Crippen LogP contribution >= 0.6 is 11.3 Å². The van der Waals surface area contributed by atoms with E-state index in [0.717, 1.165) is 51.9 Å². The van der Waals surface area contributed by atoms with E-state index in [1.807, 2.05) is 35.7 Å². The Morgan fingerprint density at radius 3 is 2.86 bits per heavy atom. The van der Waals surface area contributed by atoms with Gasteiger partial charge >= 0.3 is 5.97 Å². The fourth-order valence-corrected chi connectivity index (χ4v) is 4.29. The molecule has 3 aromatic rings. The second kappa shape index (κ2) is 8.41. The van der Waals surface area contributed by atoms with Gasteiger partial charge in [-0.25, -0.2) is 9.78 Å². The molecule has 29 heavy (non-hydrogen) atoms. The van der Waals surface area contributed by atoms with Crippen molar-refractivity contribution in [1.82, 2.24) is 10.3 Å². The van der Waals surface area contributed by atoms with Gasteiger partial charge in [0.15, 0.2) is 6.61 Å². The van der Waals surface area contributed by atoms with Crippen LogP contribution in [0.15, 0.2) is 54.6 Å². The van der Waals surface area contributed by atoms with Gasteiger partial charge in [0.1, 0.15) is 0 Å². The van der Waals surface area contributed by atoms with Crippen LogP contribution < -0.4 is 5.32 Å². The van der Waals surface area contributed by atoms with E-state index < -0.39 is 11.9 Å². The number of amides is 1. The van der Waals surface area contributed by atoms with Crippen LogP contribution in [0.3, 0.4) is 0 Å². The summed E-state index contributed by atoms with van der Waals surface area (Å²) in [7, 11) is 0. The van der Waals surface area contributed by atoms with Crippen LogP contribution in [-0.4, -0.2) is 23.5 Å². The van der Waals surface area contributed by atoms with Crippen molar-refractivity contribution in [1.29, 1.82) is 0 Å². The van der Waals surface area contributed by atoms with Crippen LogP contribution in [0.1, 0.15) is 39.3 Å². The van der Waals surface area contributed by atoms with Crippen molar-refractivity contribution in [2.75, 3.05) is 6.61 Å². The third-order valence-corrected chi connectivity index (χ3v) is 5.65. The summed E-state index contributed by atoms with van der Waals surface area (Å²) >= 11 is 1.67. The number of carbonyl (C=O) groups excluding carboxylic acids is 2. The standard InChI is InChI=1S/C23H20N2O3S/c1-2-24-20(26)14-28-23(27)21-17-9-3-4-11-19(17)25-22-15(7-5-10-18(21)22)13-16-8-6-12-29-16/h2-4,6,8-9,11-13H,1,5,7,10,14H2,(H,24,26)/b15-13-. The number of pyridine rings is 1. The first-order chi connectivity index (χ1) is 14.2. The number of nitrogens with zero attached hydrogens (tertiary/aromatic N) is 1. The molecule has 1 amide bonds. The number of ether oxygens (including phenoxy) is 1. The second-order valence-corrected chi connectivity index (χ2v) is 7.70. The van der Waals surface area contributed by atoms with E-state index in [9.17, 15) is 9.59 Å². The Morgan fingerprint density at radius 2 is 2.07 bits per heavy atom. The highest BCUT2D eigenvalue weighted by Gasteiger charge is 2.26. The van der Waals surface area contributed by atoms with Crippen molar-refractivity contribution >= 4 is 45.8 Å². The quantitative estimate of drug-likeness (QED) is 0.632. The van der Waals surface area contributed by atoms with Crippen molar-refractivity contribution in [3.05, 3.63) is 76.3 Å². The van der Waals surface area contributed by atoms with Gasteiger partial charge in [-0.1, -0.05) is 30.8 Å². The zero-order valence-electron chi connectivity index (χ0n) is 15.8. The molecule has 0 saturated carbocycles. The number of hydrogen-bond acceptors (Lipinski definition) is 5. The molecule has 0 aliphatic heterocycles. The van der Waals surface area contributed by atoms with Gasteiger partial charge in [0.25, 0.3) is 5.91 Å². The van der Waals surface area contributed by atoms with Gasteiger partial charge in [-0.2, -0.15) is 0 Å². The average Bonchev–Trinajstić information content (AvgIpc) is 3.24. The number of aromatic nitrogens is 1. The number of nitrogens with one attached hydrogen (secondary N) is 1. The second-order valence-electron chi connectivity index (χ2n) is 6.72. The van der Waals surface area contributed by atoms with Crippen LogP contribution in [0, 0.1) is 0 Å². The van der Waals surface area contributed by atoms with Gasteiger partial charge in [-0.15, -0.1) is 11.3 Å². The SMILES string of the molecule is C=CNC(=O)COC(=O)c1c2c(nc3ccccc13)/C(=C\c1cccs1)CCC2. The normalized spacial score (nSPS) is 14.4. The van der Waals surface area contributed by atoms with Gasteiger partial charge in [0.05, 0.1) is 16.8 Å². The summed E-state index contributed by atoms with van der Waals surface area (Å²) in [6.45, 7) is 3.08. The molecule has 2 aromatic heterocycles. The van der Waals surface area contributed by atoms with Gasteiger partial charge in [-0.05, 0) is 60.2 Å². The molecule has 2 heterocycles. The van der Waals surface area contributed by atoms with Crippen LogP contribution in [-0.2, 0) is 16.0 Å². The molecule has 0 saturated heterocycles. The molecule has 6 heteroatoms. The summed E-state index contributed by atoms with van der Waals surface area (Å²) in [5.41, 5.74) is 4.12. The first-order valence-corrected chi connectivity index (χ1v) is 10.3. The van der Waals surface area contributed by atoms with Crippen molar-refractivity contribution in [2.45, 2.75) is 19.3 Å². The third kappa shape index (κ3) is 3.98. The number of para-hydroxylation sites is 1. The smallest absolute Gasteiger partial charge is 0.339 e. The molecule has 1 N–H and O–H groups in total. The van der Waals surface area contributed by atoms with E-state index >= 15 is 0 Å². The lowest BCUT2D eigenvalue weighted by molar-refractivity contribution is -0.123. The summed E-state index contributed by atoms with van der Waals surface area (Å²) in [5.74, 6) is -0.921. The monoisotopic (exact) mass is 404 g/mol. The molecule has 1 aliphatic rings. The first-order valence-electron chi connectivity index (χ1n) is 9.41. The number of rotatable bonds is 5. The molecule has 1 aromatic carbocycles. The lowest BCUT2D eigenvalue weighted by atomic mass is 9.86. The fraction of sp³-hybridized carbons (Fsp3) is 0.174. The molecule has 4 rings (SSSR count). The van der Waals surface area contributed by atoms with Crippen LogP contribution in [0.25, 0.3) is 22.6 Å². The molecule has 0 atom stereocenters. The summed E-state index contributed by atoms with van der Waals surface area (Å²) < 4.78 is 5.31. The largest absolute Gasteiger partial charge is 0.452 e. The number of fused-ring (bicyclic) bond motifs is 2. The molecular formula is C23H20N2O3S. The Hall–Kier alpha value is -3.25. The highest BCUT2D eigenvalue weighted by Crippen LogP contribution is 2.36. The first kappa shape index (κ1) is 19.1. The highest BCUT2D eigenvalue weighted by molar-refractivity contribution is 7.10. The van der Waals surface area contributed by atoms with E-state index in [2.05, 4.69) is 24.0 Å². The van der Waals surface area contributed by atoms with E-state index in [4.69, 9.17) is 9.72 Å². The lowest BCUT2D eigenvalue weighted by Crippen LogP contribution is -2.25. The van der Waals surface area contributed by atoms with Crippen LogP contribution in [0.5, 0.6) is 0 Å². The summed E-state index contributed by atoms with van der Waals surface area (Å²) in [6.07, 6.45) is 6.00. The Kier molecular flexibility index (Phi) is 5.53. The number of esters is 1. The van der Waals surface area contributed by atoms with Gasteiger partial charge in [0.2, 0.25) is 0 Å². The molecule has 5 nitrogen and oxygen atoms in total. The topological polar surface area (TPSA) is 68.3 Å². The third-order valence-electron chi connectivity index (χ3n) is 4.83. The van der Waals surface area contributed by atoms with Gasteiger partial charge < -0.3 is 10.1 Å². The zero-order chi connectivity index (χ0) is 20.2. The maximum atomic E-state index is 13.0. The number of hydrogen-bond donors (Lipinski definition) is 1. The fourth-order valence-electron chi connectivity index (χ4n) is 3.61. The van der Waals surface area contributed by atoms with E-state index in [1.165, 1.54) is 6.20 Å².